The van der Waals surface area contributed by atoms with Gasteiger partial charge in [-0.3, -0.25) is 0 Å². The first-order valence-corrected chi connectivity index (χ1v) is 14.1. The van der Waals surface area contributed by atoms with E-state index in [1.807, 2.05) is 173 Å². The van der Waals surface area contributed by atoms with Crippen LogP contribution in [0.15, 0.2) is 133 Å². The third kappa shape index (κ3) is 11.7. The van der Waals surface area contributed by atoms with Gasteiger partial charge >= 0.3 is 21.7 Å². The van der Waals surface area contributed by atoms with E-state index in [0.29, 0.717) is 0 Å². The Morgan fingerprint density at radius 2 is 0.605 bits per heavy atom. The average molecular weight is 597 g/mol. The summed E-state index contributed by atoms with van der Waals surface area (Å²) in [5.41, 5.74) is 3.63. The zero-order valence-electron chi connectivity index (χ0n) is 24.0. The van der Waals surface area contributed by atoms with Gasteiger partial charge in [0.05, 0.1) is 0 Å². The zero-order chi connectivity index (χ0) is 29.2. The second-order valence-electron chi connectivity index (χ2n) is 9.63. The van der Waals surface area contributed by atoms with Gasteiger partial charge in [0, 0.05) is 23.0 Å². The first kappa shape index (κ1) is 34.2. The summed E-state index contributed by atoms with van der Waals surface area (Å²) in [7, 11) is 0. The molecule has 0 bridgehead atoms. The molecule has 0 aromatic heterocycles. The Kier molecular flexibility index (Phi) is 15.7. The molecule has 0 aliphatic heterocycles. The van der Waals surface area contributed by atoms with Gasteiger partial charge in [-0.05, 0) is 87.5 Å². The number of allylic oxidation sites excluding steroid dienone is 2. The van der Waals surface area contributed by atoms with E-state index in [1.165, 1.54) is 0 Å². The molecule has 4 aromatic carbocycles. The zero-order valence-corrected chi connectivity index (χ0v) is 25.6. The van der Waals surface area contributed by atoms with Crippen molar-refractivity contribution in [2.24, 2.45) is 0 Å². The summed E-state index contributed by atoms with van der Waals surface area (Å²) in [6.45, 7) is 0. The third-order valence-electron chi connectivity index (χ3n) is 6.68. The molecule has 2 atom stereocenters. The van der Waals surface area contributed by atoms with Gasteiger partial charge in [0.25, 0.3) is 0 Å². The molecule has 6 rings (SSSR count). The fraction of sp³-hybridized carbons (Fsp3) is 0.0500. The summed E-state index contributed by atoms with van der Waals surface area (Å²) in [5.74, 6) is 0.0512. The van der Waals surface area contributed by atoms with Crippen molar-refractivity contribution in [3.8, 4) is 0 Å². The summed E-state index contributed by atoms with van der Waals surface area (Å²) >= 11 is 0. The molecule has 4 aromatic rings. The minimum absolute atomic E-state index is 0. The second-order valence-corrected chi connectivity index (χ2v) is 9.63. The molecule has 2 nitrogen and oxygen atoms in total. The molecule has 3 heteroatoms. The maximum atomic E-state index is 11.0. The van der Waals surface area contributed by atoms with Crippen molar-refractivity contribution in [1.29, 1.82) is 0 Å². The van der Waals surface area contributed by atoms with Crippen LogP contribution >= 0.6 is 0 Å². The molecule has 0 spiro atoms. The molecule has 0 heterocycles. The monoisotopic (exact) mass is 596 g/mol. The largest absolute Gasteiger partial charge is 2.00 e. The van der Waals surface area contributed by atoms with Crippen LogP contribution in [0.2, 0.25) is 0 Å². The number of benzene rings is 4. The molecule has 0 saturated heterocycles. The maximum absolute atomic E-state index is 11.0. The van der Waals surface area contributed by atoms with Crippen LogP contribution in [0.5, 0.6) is 0 Å². The van der Waals surface area contributed by atoms with Crippen LogP contribution < -0.4 is 0 Å². The number of hydrogen-bond donors (Lipinski definition) is 2. The van der Waals surface area contributed by atoms with E-state index >= 15 is 0 Å². The molecule has 2 aliphatic carbocycles. The number of aliphatic hydroxyl groups is 2. The molecule has 2 saturated carbocycles. The van der Waals surface area contributed by atoms with Gasteiger partial charge in [-0.1, -0.05) is 121 Å². The summed E-state index contributed by atoms with van der Waals surface area (Å²) in [4.78, 5) is 0. The number of aliphatic hydroxyl groups excluding tert-OH is 2. The Labute approximate surface area is 274 Å². The van der Waals surface area contributed by atoms with Gasteiger partial charge in [0.1, 0.15) is 11.5 Å². The Hall–Kier alpha value is -3.33. The predicted octanol–water partition coefficient (Wildman–Crippen LogP) is 9.79. The van der Waals surface area contributed by atoms with Crippen molar-refractivity contribution in [2.45, 2.75) is 11.8 Å². The Bertz CT molecular complexity index is 1200. The van der Waals surface area contributed by atoms with Crippen LogP contribution in [-0.4, -0.2) is 10.2 Å². The van der Waals surface area contributed by atoms with Crippen molar-refractivity contribution in [2.75, 3.05) is 0 Å². The summed E-state index contributed by atoms with van der Waals surface area (Å²) in [6.07, 6.45) is 23.8. The number of hydrogen-bond acceptors (Lipinski definition) is 2. The van der Waals surface area contributed by atoms with Crippen molar-refractivity contribution in [3.63, 3.8) is 0 Å². The second kappa shape index (κ2) is 19.8. The van der Waals surface area contributed by atoms with Gasteiger partial charge < -0.3 is 10.2 Å². The van der Waals surface area contributed by atoms with Crippen LogP contribution in [-0.2, 0) is 21.7 Å². The van der Waals surface area contributed by atoms with Crippen molar-refractivity contribution in [3.05, 3.63) is 220 Å². The van der Waals surface area contributed by atoms with Crippen molar-refractivity contribution in [1.82, 2.24) is 0 Å². The van der Waals surface area contributed by atoms with E-state index in [0.717, 1.165) is 22.3 Å². The van der Waals surface area contributed by atoms with E-state index in [9.17, 15) is 10.2 Å². The molecule has 10 radical (unpaired) electrons. The van der Waals surface area contributed by atoms with Gasteiger partial charge in [0.2, 0.25) is 0 Å². The van der Waals surface area contributed by atoms with Gasteiger partial charge in [-0.25, -0.2) is 0 Å². The maximum Gasteiger partial charge on any atom is 2.00 e. The van der Waals surface area contributed by atoms with Gasteiger partial charge in [0.15, 0.2) is 0 Å². The Morgan fingerprint density at radius 3 is 0.860 bits per heavy atom. The summed E-state index contributed by atoms with van der Waals surface area (Å²) in [5, 5.41) is 22.0. The molecule has 210 valence electrons. The summed E-state index contributed by atoms with van der Waals surface area (Å²) in [6, 6.07) is 39.3. The van der Waals surface area contributed by atoms with E-state index < -0.39 is 0 Å². The van der Waals surface area contributed by atoms with Crippen LogP contribution in [0, 0.1) is 64.2 Å². The quantitative estimate of drug-likeness (QED) is 0.165. The molecule has 0 amide bonds. The van der Waals surface area contributed by atoms with Crippen molar-refractivity contribution >= 4 is 11.5 Å². The van der Waals surface area contributed by atoms with E-state index in [1.54, 1.807) is 0 Å². The first-order valence-electron chi connectivity index (χ1n) is 14.1. The smallest absolute Gasteiger partial charge is 0.508 e. The first-order chi connectivity index (χ1) is 20.7. The number of rotatable bonds is 7. The van der Waals surface area contributed by atoms with Gasteiger partial charge in [-0.15, -0.1) is 0 Å². The standard InChI is InChI=1S/C30H26O2.2C5H5.Ti/c31-29(25-17-9-3-10-18-25)21-27(23-13-5-1-6-14-23)28(24-15-7-2-8-16-24)22-30(32)26-19-11-4-12-20-26;2*1-2-4-5-3-1;/h1-22,27-28,31-32H;2*1-5H;/q;;;+2/b29-21-,30-22-;;;. The van der Waals surface area contributed by atoms with E-state index in [2.05, 4.69) is 24.3 Å². The third-order valence-corrected chi connectivity index (χ3v) is 6.68. The normalized spacial score (nSPS) is 16.0. The molecule has 2 N–H and O–H groups in total. The fourth-order valence-corrected chi connectivity index (χ4v) is 4.56. The Morgan fingerprint density at radius 1 is 0.372 bits per heavy atom. The molecular formula is C40H36O2Ti+2. The summed E-state index contributed by atoms with van der Waals surface area (Å²) < 4.78 is 0. The van der Waals surface area contributed by atoms with Crippen LogP contribution in [0.4, 0.5) is 0 Å². The topological polar surface area (TPSA) is 40.5 Å². The molecule has 2 aliphatic rings. The molecule has 43 heavy (non-hydrogen) atoms. The predicted molar refractivity (Wildman–Crippen MR) is 175 cm³/mol. The minimum atomic E-state index is -0.190. The molecule has 2 fully saturated rings. The molecular weight excluding hydrogens is 560 g/mol. The van der Waals surface area contributed by atoms with Gasteiger partial charge in [-0.2, -0.15) is 0 Å². The molecule has 2 unspecified atom stereocenters. The van der Waals surface area contributed by atoms with E-state index in [-0.39, 0.29) is 45.1 Å². The minimum Gasteiger partial charge on any atom is -0.508 e. The average Bonchev–Trinajstić information content (AvgIpc) is 3.85. The Balaban J connectivity index is 0.000000388. The van der Waals surface area contributed by atoms with Crippen molar-refractivity contribution < 1.29 is 31.9 Å². The van der Waals surface area contributed by atoms with Crippen LogP contribution in [0.3, 0.4) is 0 Å². The van der Waals surface area contributed by atoms with Crippen LogP contribution in [0.1, 0.15) is 34.1 Å². The van der Waals surface area contributed by atoms with E-state index in [4.69, 9.17) is 0 Å². The van der Waals surface area contributed by atoms with Crippen LogP contribution in [0.25, 0.3) is 11.5 Å². The fourth-order valence-electron chi connectivity index (χ4n) is 4.56. The SMILES string of the molecule is O/C(=C\C(c1ccccc1)C(/C=C(\O)c1ccccc1)c1ccccc1)c1ccccc1.[CH]1[CH][CH][CH][CH]1.[CH]1[CH][CH][CH][CH]1.[Ti+2].